The summed E-state index contributed by atoms with van der Waals surface area (Å²) in [5.74, 6) is 1.32. The molecule has 0 aliphatic carbocycles. The molecule has 0 unspecified atom stereocenters. The first kappa shape index (κ1) is 51.6. The summed E-state index contributed by atoms with van der Waals surface area (Å²) in [4.78, 5) is 11.1. The van der Waals surface area contributed by atoms with Crippen LogP contribution in [0.25, 0.3) is 188 Å². The summed E-state index contributed by atoms with van der Waals surface area (Å²) in [5.41, 5.74) is 21.0. The maximum Gasteiger partial charge on any atom is 0.237 e. The smallest absolute Gasteiger partial charge is 0.237 e. The van der Waals surface area contributed by atoms with E-state index in [-0.39, 0.29) is 0 Å². The summed E-state index contributed by atoms with van der Waals surface area (Å²) >= 11 is 0. The van der Waals surface area contributed by atoms with E-state index in [0.29, 0.717) is 17.1 Å². The zero-order valence-electron chi connectivity index (χ0n) is 50.0. The largest absolute Gasteiger partial charge is 0.456 e. The Morgan fingerprint density at radius 2 is 0.606 bits per heavy atom. The fraction of sp³-hybridized carbons (Fsp3) is 0. The minimum absolute atomic E-state index is 0.567. The van der Waals surface area contributed by atoms with Crippen molar-refractivity contribution in [3.05, 3.63) is 290 Å². The fourth-order valence-electron chi connectivity index (χ4n) is 15.0. The summed E-state index contributed by atoms with van der Waals surface area (Å²) in [6, 6.07) is 103. The first-order valence-corrected chi connectivity index (χ1v) is 31.3. The van der Waals surface area contributed by atoms with Crippen LogP contribution in [0.3, 0.4) is 0 Å². The molecule has 0 spiro atoms. The number of nitrogens with zero attached hydrogens (tertiary/aromatic N) is 8. The van der Waals surface area contributed by atoms with Gasteiger partial charge < -0.3 is 18.0 Å². The average Bonchev–Trinajstić information content (AvgIpc) is 1.57. The molecule has 0 fully saturated rings. The van der Waals surface area contributed by atoms with Crippen molar-refractivity contribution < 1.29 is 8.83 Å². The van der Waals surface area contributed by atoms with Crippen LogP contribution in [0.15, 0.2) is 288 Å². The van der Waals surface area contributed by atoms with E-state index in [9.17, 15) is 10.5 Å². The lowest BCUT2D eigenvalue weighted by atomic mass is 10.0. The Hall–Kier alpha value is -13.3. The number of fused-ring (bicyclic) bond motifs is 18. The van der Waals surface area contributed by atoms with Crippen LogP contribution in [0, 0.1) is 22.7 Å². The minimum Gasteiger partial charge on any atom is -0.456 e. The molecule has 0 atom stereocenters. The van der Waals surface area contributed by atoms with Crippen molar-refractivity contribution in [1.29, 1.82) is 10.5 Å². The predicted molar refractivity (Wildman–Crippen MR) is 380 cm³/mol. The van der Waals surface area contributed by atoms with E-state index in [1.165, 1.54) is 0 Å². The maximum absolute atomic E-state index is 9.75. The van der Waals surface area contributed by atoms with Crippen LogP contribution in [0.4, 0.5) is 0 Å². The van der Waals surface area contributed by atoms with E-state index in [1.54, 1.807) is 12.1 Å². The lowest BCUT2D eigenvalue weighted by molar-refractivity contribution is 0.668. The fourth-order valence-corrected chi connectivity index (χ4v) is 15.0. The molecule has 7 heterocycles. The average molecular weight is 1200 g/mol. The highest BCUT2D eigenvalue weighted by atomic mass is 16.3. The third-order valence-corrected chi connectivity index (χ3v) is 19.2. The van der Waals surface area contributed by atoms with Crippen molar-refractivity contribution in [3.63, 3.8) is 0 Å². The second-order valence-electron chi connectivity index (χ2n) is 24.3. The summed E-state index contributed by atoms with van der Waals surface area (Å²) in [6.07, 6.45) is 0. The molecular weight excluding hydrogens is 1150 g/mol. The highest BCUT2D eigenvalue weighted by Crippen LogP contribution is 2.43. The van der Waals surface area contributed by atoms with Crippen LogP contribution in [0.2, 0.25) is 0 Å². The van der Waals surface area contributed by atoms with Gasteiger partial charge in [-0.25, -0.2) is 4.98 Å². The Labute approximate surface area is 534 Å². The summed E-state index contributed by atoms with van der Waals surface area (Å²) in [7, 11) is 0. The van der Waals surface area contributed by atoms with E-state index in [4.69, 9.17) is 18.8 Å². The van der Waals surface area contributed by atoms with Crippen molar-refractivity contribution in [2.24, 2.45) is 0 Å². The molecular formula is C84H46N8O2. The van der Waals surface area contributed by atoms with E-state index >= 15 is 0 Å². The molecule has 10 nitrogen and oxygen atoms in total. The van der Waals surface area contributed by atoms with Crippen molar-refractivity contribution in [3.8, 4) is 68.8 Å². The van der Waals surface area contributed by atoms with Crippen LogP contribution in [-0.4, -0.2) is 28.2 Å². The first-order valence-electron chi connectivity index (χ1n) is 31.3. The van der Waals surface area contributed by atoms with Gasteiger partial charge in [-0.15, -0.1) is 0 Å². The van der Waals surface area contributed by atoms with Gasteiger partial charge >= 0.3 is 0 Å². The number of nitriles is 2. The molecule has 20 rings (SSSR count). The topological polar surface area (TPSA) is 119 Å². The summed E-state index contributed by atoms with van der Waals surface area (Å²) in [5, 5.41) is 32.3. The first-order chi connectivity index (χ1) is 46.5. The van der Waals surface area contributed by atoms with Crippen molar-refractivity contribution in [2.45, 2.75) is 0 Å². The van der Waals surface area contributed by atoms with Crippen molar-refractivity contribution in [2.75, 3.05) is 0 Å². The number of hydrogen-bond donors (Lipinski definition) is 0. The number of rotatable bonds is 7. The second-order valence-corrected chi connectivity index (χ2v) is 24.3. The van der Waals surface area contributed by atoms with Gasteiger partial charge in [-0.3, -0.25) is 9.13 Å². The number of hydrogen-bond acceptors (Lipinski definition) is 6. The van der Waals surface area contributed by atoms with Crippen LogP contribution in [0.1, 0.15) is 11.1 Å². The molecule has 0 bridgehead atoms. The molecule has 0 saturated heterocycles. The molecule has 434 valence electrons. The third kappa shape index (κ3) is 7.56. The Morgan fingerprint density at radius 1 is 0.255 bits per heavy atom. The van der Waals surface area contributed by atoms with Crippen molar-refractivity contribution >= 4 is 131 Å². The number of furan rings is 2. The zero-order valence-corrected chi connectivity index (χ0v) is 50.0. The number of para-hydroxylation sites is 4. The molecule has 0 saturated carbocycles. The van der Waals surface area contributed by atoms with Gasteiger partial charge in [0.2, 0.25) is 5.95 Å². The third-order valence-electron chi connectivity index (χ3n) is 19.2. The Kier molecular flexibility index (Phi) is 10.8. The second kappa shape index (κ2) is 19.6. The van der Waals surface area contributed by atoms with Gasteiger partial charge in [-0.05, 0) is 168 Å². The molecule has 13 aromatic carbocycles. The van der Waals surface area contributed by atoms with Crippen LogP contribution in [0.5, 0.6) is 0 Å². The standard InChI is InChI=1S/C84H46N8O2/c85-47-49-22-34-79-66(38-49)68-44-56(28-36-81(68)93-79)89-71-18-8-4-14-58(71)62-40-52(24-30-75(62)89)54-26-32-77-64(42-54)60-16-6-10-20-73(60)91(77)83-46-70(51-12-2-1-3-13-51)87-84(88-83)92-74-21-11-7-17-61(74)65-43-55(27-33-78(65)92)53-25-31-76-63(41-53)59-15-5-9-19-72(59)90(76)57-29-37-82-69(45-57)67-39-50(48-86)23-35-80(67)94-82/h1-46H. The summed E-state index contributed by atoms with van der Waals surface area (Å²) < 4.78 is 21.7. The molecule has 94 heavy (non-hydrogen) atoms. The van der Waals surface area contributed by atoms with E-state index in [1.807, 2.05) is 42.5 Å². The van der Waals surface area contributed by atoms with Gasteiger partial charge in [0, 0.05) is 87.6 Å². The Balaban J connectivity index is 0.710. The van der Waals surface area contributed by atoms with Gasteiger partial charge in [-0.1, -0.05) is 127 Å². The monoisotopic (exact) mass is 1200 g/mol. The quantitative estimate of drug-likeness (QED) is 0.157. The Morgan fingerprint density at radius 3 is 1.04 bits per heavy atom. The molecule has 10 heteroatoms. The van der Waals surface area contributed by atoms with Gasteiger partial charge in [0.05, 0.1) is 73.1 Å². The highest BCUT2D eigenvalue weighted by Gasteiger charge is 2.23. The zero-order chi connectivity index (χ0) is 61.9. The van der Waals surface area contributed by atoms with E-state index in [0.717, 1.165) is 182 Å². The molecule has 20 aromatic rings. The van der Waals surface area contributed by atoms with Gasteiger partial charge in [0.15, 0.2) is 0 Å². The number of benzene rings is 13. The molecule has 0 N–H and O–H groups in total. The highest BCUT2D eigenvalue weighted by molar-refractivity contribution is 6.16. The van der Waals surface area contributed by atoms with Crippen LogP contribution in [-0.2, 0) is 0 Å². The molecule has 0 aliphatic rings. The summed E-state index contributed by atoms with van der Waals surface area (Å²) in [6.45, 7) is 0. The normalized spacial score (nSPS) is 12.0. The van der Waals surface area contributed by atoms with Gasteiger partial charge in [0.25, 0.3) is 0 Å². The molecule has 7 aromatic heterocycles. The minimum atomic E-state index is 0.567. The lowest BCUT2D eigenvalue weighted by Gasteiger charge is -2.14. The van der Waals surface area contributed by atoms with E-state index in [2.05, 4.69) is 255 Å². The maximum atomic E-state index is 9.75. The number of aromatic nitrogens is 6. The van der Waals surface area contributed by atoms with Gasteiger partial charge in [-0.2, -0.15) is 15.5 Å². The molecule has 0 radical (unpaired) electrons. The van der Waals surface area contributed by atoms with Crippen molar-refractivity contribution in [1.82, 2.24) is 28.2 Å². The molecule has 0 amide bonds. The molecule has 0 aliphatic heterocycles. The van der Waals surface area contributed by atoms with Gasteiger partial charge in [0.1, 0.15) is 28.1 Å². The predicted octanol–water partition coefficient (Wildman–Crippen LogP) is 21.4. The van der Waals surface area contributed by atoms with E-state index < -0.39 is 0 Å². The van der Waals surface area contributed by atoms with Crippen LogP contribution < -0.4 is 0 Å². The SMILES string of the molecule is N#Cc1ccc2oc3ccc(-n4c5ccccc5c5cc(-c6ccc7c(c6)c6ccccc6n7-c6cc(-c7ccccc7)nc(-n7c8ccccc8c8cc(-c9ccc%10c(c9)c9ccccc9n%10-c9ccc%10oc%11ccc(C#N)cc%11c%10c9)ccc87)n6)ccc54)cc3c2c1. The van der Waals surface area contributed by atoms with Crippen LogP contribution >= 0.6 is 0 Å². The lowest BCUT2D eigenvalue weighted by Crippen LogP contribution is -2.07. The Bertz CT molecular complexity index is 6390.